The van der Waals surface area contributed by atoms with Crippen LogP contribution in [0.15, 0.2) is 30.5 Å². The van der Waals surface area contributed by atoms with E-state index in [1.807, 2.05) is 24.7 Å². The van der Waals surface area contributed by atoms with Gasteiger partial charge in [0.05, 0.1) is 11.7 Å². The minimum atomic E-state index is -0.211. The van der Waals surface area contributed by atoms with Gasteiger partial charge in [0.2, 0.25) is 5.95 Å². The lowest BCUT2D eigenvalue weighted by Gasteiger charge is -2.16. The van der Waals surface area contributed by atoms with Crippen LogP contribution >= 0.6 is 0 Å². The molecule has 0 saturated heterocycles. The Bertz CT molecular complexity index is 502. The summed E-state index contributed by atoms with van der Waals surface area (Å²) in [4.78, 5) is 4.37. The monoisotopic (exact) mass is 233 g/mol. The van der Waals surface area contributed by atoms with Crippen LogP contribution in [0, 0.1) is 12.7 Å². The van der Waals surface area contributed by atoms with Gasteiger partial charge in [0.1, 0.15) is 5.82 Å². The summed E-state index contributed by atoms with van der Waals surface area (Å²) in [6.45, 7) is 4.02. The Kier molecular flexibility index (Phi) is 3.13. The Morgan fingerprint density at radius 1 is 1.29 bits per heavy atom. The summed E-state index contributed by atoms with van der Waals surface area (Å²) in [6.07, 6.45) is 1.99. The summed E-state index contributed by atoms with van der Waals surface area (Å²) in [6, 6.07) is 6.69. The molecule has 0 aliphatic carbocycles. The fraction of sp³-hybridized carbons (Fsp3) is 0.308. The van der Waals surface area contributed by atoms with Crippen molar-refractivity contribution in [2.75, 3.05) is 12.4 Å². The number of imidazole rings is 1. The van der Waals surface area contributed by atoms with E-state index in [9.17, 15) is 4.39 Å². The minimum Gasteiger partial charge on any atom is -0.359 e. The third-order valence-corrected chi connectivity index (χ3v) is 2.85. The molecule has 1 N–H and O–H groups in total. The van der Waals surface area contributed by atoms with Crippen LogP contribution in [0.2, 0.25) is 0 Å². The van der Waals surface area contributed by atoms with Crippen molar-refractivity contribution in [2.24, 2.45) is 0 Å². The number of aromatic nitrogens is 2. The molecule has 0 radical (unpaired) electrons. The molecule has 0 bridgehead atoms. The molecule has 2 aromatic rings. The van der Waals surface area contributed by atoms with Gasteiger partial charge in [-0.25, -0.2) is 9.37 Å². The normalized spacial score (nSPS) is 12.5. The molecule has 0 spiro atoms. The van der Waals surface area contributed by atoms with Gasteiger partial charge in [0, 0.05) is 13.2 Å². The van der Waals surface area contributed by atoms with E-state index < -0.39 is 0 Å². The first-order chi connectivity index (χ1) is 8.11. The maximum Gasteiger partial charge on any atom is 0.203 e. The SMILES string of the molecule is CNc1nc(C)cn1C(C)c1ccc(F)cc1. The number of halogens is 1. The second-order valence-corrected chi connectivity index (χ2v) is 4.09. The zero-order valence-electron chi connectivity index (χ0n) is 10.2. The topological polar surface area (TPSA) is 29.9 Å². The first-order valence-electron chi connectivity index (χ1n) is 5.60. The summed E-state index contributed by atoms with van der Waals surface area (Å²) in [5, 5.41) is 3.06. The number of nitrogens with one attached hydrogen (secondary N) is 1. The quantitative estimate of drug-likeness (QED) is 0.883. The van der Waals surface area contributed by atoms with Crippen molar-refractivity contribution in [3.8, 4) is 0 Å². The van der Waals surface area contributed by atoms with Gasteiger partial charge in [-0.05, 0) is 31.5 Å². The van der Waals surface area contributed by atoms with Crippen molar-refractivity contribution in [2.45, 2.75) is 19.9 Å². The zero-order chi connectivity index (χ0) is 12.4. The Balaban J connectivity index is 2.35. The van der Waals surface area contributed by atoms with Crippen LogP contribution in [0.4, 0.5) is 10.3 Å². The molecule has 17 heavy (non-hydrogen) atoms. The molecule has 4 heteroatoms. The minimum absolute atomic E-state index is 0.124. The predicted octanol–water partition coefficient (Wildman–Crippen LogP) is 2.98. The number of benzene rings is 1. The van der Waals surface area contributed by atoms with Crippen LogP contribution in [0.1, 0.15) is 24.2 Å². The molecule has 3 nitrogen and oxygen atoms in total. The lowest BCUT2D eigenvalue weighted by atomic mass is 10.1. The highest BCUT2D eigenvalue weighted by Crippen LogP contribution is 2.22. The summed E-state index contributed by atoms with van der Waals surface area (Å²) in [5.41, 5.74) is 2.02. The Hall–Kier alpha value is -1.84. The molecule has 1 aromatic carbocycles. The second kappa shape index (κ2) is 4.57. The molecule has 0 saturated carbocycles. The number of hydrogen-bond donors (Lipinski definition) is 1. The van der Waals surface area contributed by atoms with Crippen LogP contribution in [0.3, 0.4) is 0 Å². The molecule has 1 aromatic heterocycles. The summed E-state index contributed by atoms with van der Waals surface area (Å²) < 4.78 is 14.9. The average molecular weight is 233 g/mol. The van der Waals surface area contributed by atoms with Gasteiger partial charge >= 0.3 is 0 Å². The van der Waals surface area contributed by atoms with E-state index in [2.05, 4.69) is 17.2 Å². The third-order valence-electron chi connectivity index (χ3n) is 2.85. The van der Waals surface area contributed by atoms with Crippen LogP contribution < -0.4 is 5.32 Å². The Labute approximate surface area is 100 Å². The fourth-order valence-electron chi connectivity index (χ4n) is 1.90. The van der Waals surface area contributed by atoms with Crippen molar-refractivity contribution in [1.82, 2.24) is 9.55 Å². The molecule has 1 unspecified atom stereocenters. The summed E-state index contributed by atoms with van der Waals surface area (Å²) in [5.74, 6) is 0.607. The van der Waals surface area contributed by atoms with Crippen molar-refractivity contribution >= 4 is 5.95 Å². The highest BCUT2D eigenvalue weighted by Gasteiger charge is 2.12. The first-order valence-corrected chi connectivity index (χ1v) is 5.60. The Morgan fingerprint density at radius 3 is 2.53 bits per heavy atom. The third kappa shape index (κ3) is 2.30. The molecule has 0 fully saturated rings. The zero-order valence-corrected chi connectivity index (χ0v) is 10.2. The van der Waals surface area contributed by atoms with E-state index in [4.69, 9.17) is 0 Å². The molecule has 0 amide bonds. The van der Waals surface area contributed by atoms with Gasteiger partial charge in [0.15, 0.2) is 0 Å². The van der Waals surface area contributed by atoms with E-state index >= 15 is 0 Å². The van der Waals surface area contributed by atoms with Crippen LogP contribution in [0.25, 0.3) is 0 Å². The van der Waals surface area contributed by atoms with Gasteiger partial charge in [-0.2, -0.15) is 0 Å². The fourth-order valence-corrected chi connectivity index (χ4v) is 1.90. The molecule has 0 aliphatic rings. The van der Waals surface area contributed by atoms with E-state index in [1.165, 1.54) is 12.1 Å². The molecule has 2 rings (SSSR count). The molecular weight excluding hydrogens is 217 g/mol. The van der Waals surface area contributed by atoms with Gasteiger partial charge in [-0.1, -0.05) is 12.1 Å². The highest BCUT2D eigenvalue weighted by molar-refractivity contribution is 5.32. The van der Waals surface area contributed by atoms with Gasteiger partial charge < -0.3 is 9.88 Å². The summed E-state index contributed by atoms with van der Waals surface area (Å²) in [7, 11) is 1.84. The number of rotatable bonds is 3. The number of anilines is 1. The first kappa shape index (κ1) is 11.6. The predicted molar refractivity (Wildman–Crippen MR) is 66.7 cm³/mol. The molecular formula is C13H16FN3. The van der Waals surface area contributed by atoms with Gasteiger partial charge in [-0.15, -0.1) is 0 Å². The lowest BCUT2D eigenvalue weighted by Crippen LogP contribution is -2.09. The maximum absolute atomic E-state index is 12.9. The van der Waals surface area contributed by atoms with Crippen molar-refractivity contribution < 1.29 is 4.39 Å². The second-order valence-electron chi connectivity index (χ2n) is 4.09. The largest absolute Gasteiger partial charge is 0.359 e. The lowest BCUT2D eigenvalue weighted by molar-refractivity contribution is 0.617. The van der Waals surface area contributed by atoms with Crippen LogP contribution in [-0.4, -0.2) is 16.6 Å². The number of nitrogens with zero attached hydrogens (tertiary/aromatic N) is 2. The van der Waals surface area contributed by atoms with Gasteiger partial charge in [-0.3, -0.25) is 0 Å². The smallest absolute Gasteiger partial charge is 0.203 e. The molecule has 1 heterocycles. The van der Waals surface area contributed by atoms with E-state index in [0.29, 0.717) is 0 Å². The number of aryl methyl sites for hydroxylation is 1. The van der Waals surface area contributed by atoms with Crippen molar-refractivity contribution in [3.05, 3.63) is 47.5 Å². The van der Waals surface area contributed by atoms with Gasteiger partial charge in [0.25, 0.3) is 0 Å². The maximum atomic E-state index is 12.9. The van der Waals surface area contributed by atoms with Crippen molar-refractivity contribution in [1.29, 1.82) is 0 Å². The van der Waals surface area contributed by atoms with E-state index in [0.717, 1.165) is 17.2 Å². The Morgan fingerprint density at radius 2 is 1.94 bits per heavy atom. The molecule has 1 atom stereocenters. The molecule has 90 valence electrons. The van der Waals surface area contributed by atoms with Crippen LogP contribution in [-0.2, 0) is 0 Å². The highest BCUT2D eigenvalue weighted by atomic mass is 19.1. The average Bonchev–Trinajstić information content (AvgIpc) is 2.70. The standard InChI is InChI=1S/C13H16FN3/c1-9-8-17(13(15-3)16-9)10(2)11-4-6-12(14)7-5-11/h4-8,10H,1-3H3,(H,15,16). The summed E-state index contributed by atoms with van der Waals surface area (Å²) >= 11 is 0. The van der Waals surface area contributed by atoms with Crippen molar-refractivity contribution in [3.63, 3.8) is 0 Å². The molecule has 0 aliphatic heterocycles. The van der Waals surface area contributed by atoms with E-state index in [1.54, 1.807) is 12.1 Å². The van der Waals surface area contributed by atoms with E-state index in [-0.39, 0.29) is 11.9 Å². The van der Waals surface area contributed by atoms with Crippen LogP contribution in [0.5, 0.6) is 0 Å². The number of hydrogen-bond acceptors (Lipinski definition) is 2.